The highest BCUT2D eigenvalue weighted by Crippen LogP contribution is 2.40. The molecule has 9 heteroatoms. The maximum atomic E-state index is 13.8. The molecule has 0 spiro atoms. The zero-order valence-electron chi connectivity index (χ0n) is 23.2. The number of amides is 1. The van der Waals surface area contributed by atoms with Gasteiger partial charge in [-0.1, -0.05) is 53.0 Å². The molecule has 0 aliphatic carbocycles. The Hall–Kier alpha value is -3.68. The van der Waals surface area contributed by atoms with Gasteiger partial charge < -0.3 is 9.47 Å². The summed E-state index contributed by atoms with van der Waals surface area (Å²) in [7, 11) is 0. The van der Waals surface area contributed by atoms with E-state index < -0.39 is 0 Å². The molecule has 1 saturated heterocycles. The SMILES string of the molecule is C=CCc1cc(/C=C2\SC(=Nc3ccc(Cl)cc3)N(c3ccc(Cl)cc3)C2=O)cc(OCC)c1OCc1ccc(Cl)cc1. The van der Waals surface area contributed by atoms with Crippen LogP contribution in [0.2, 0.25) is 15.1 Å². The van der Waals surface area contributed by atoms with Crippen LogP contribution in [0.25, 0.3) is 6.08 Å². The van der Waals surface area contributed by atoms with Crippen LogP contribution in [0.1, 0.15) is 23.6 Å². The number of hydrogen-bond donors (Lipinski definition) is 0. The van der Waals surface area contributed by atoms with Crippen LogP contribution in [0, 0.1) is 0 Å². The number of halogens is 3. The molecule has 1 amide bonds. The maximum absolute atomic E-state index is 13.8. The fraction of sp³-hybridized carbons (Fsp3) is 0.118. The van der Waals surface area contributed by atoms with Gasteiger partial charge in [-0.15, -0.1) is 6.58 Å². The summed E-state index contributed by atoms with van der Waals surface area (Å²) in [5.41, 5.74) is 3.99. The zero-order chi connectivity index (χ0) is 30.3. The molecular weight excluding hydrogens is 623 g/mol. The summed E-state index contributed by atoms with van der Waals surface area (Å²) in [6.07, 6.45) is 4.21. The second-order valence-corrected chi connectivity index (χ2v) is 11.8. The smallest absolute Gasteiger partial charge is 0.271 e. The Balaban J connectivity index is 1.52. The van der Waals surface area contributed by atoms with E-state index in [1.54, 1.807) is 53.4 Å². The highest BCUT2D eigenvalue weighted by molar-refractivity contribution is 8.19. The van der Waals surface area contributed by atoms with E-state index in [-0.39, 0.29) is 5.91 Å². The molecule has 0 atom stereocenters. The maximum Gasteiger partial charge on any atom is 0.271 e. The molecule has 0 aromatic heterocycles. The molecule has 5 rings (SSSR count). The van der Waals surface area contributed by atoms with Crippen LogP contribution >= 0.6 is 46.6 Å². The van der Waals surface area contributed by atoms with Crippen LogP contribution in [-0.4, -0.2) is 17.7 Å². The molecule has 0 bridgehead atoms. The molecule has 1 aliphatic rings. The number of ether oxygens (including phenoxy) is 2. The molecule has 1 heterocycles. The van der Waals surface area contributed by atoms with Gasteiger partial charge in [0, 0.05) is 20.6 Å². The number of anilines is 1. The fourth-order valence-electron chi connectivity index (χ4n) is 4.38. The van der Waals surface area contributed by atoms with Crippen LogP contribution in [0.5, 0.6) is 11.5 Å². The normalized spacial score (nSPS) is 14.9. The number of rotatable bonds is 10. The van der Waals surface area contributed by atoms with Crippen LogP contribution in [0.15, 0.2) is 107 Å². The van der Waals surface area contributed by atoms with Crippen LogP contribution in [0.4, 0.5) is 11.4 Å². The quantitative estimate of drug-likeness (QED) is 0.127. The van der Waals surface area contributed by atoms with Crippen molar-refractivity contribution in [2.45, 2.75) is 20.0 Å². The summed E-state index contributed by atoms with van der Waals surface area (Å²) in [6.45, 7) is 6.63. The average molecular weight is 650 g/mol. The largest absolute Gasteiger partial charge is 0.490 e. The lowest BCUT2D eigenvalue weighted by atomic mass is 10.0. The van der Waals surface area contributed by atoms with Gasteiger partial charge in [-0.2, -0.15) is 0 Å². The van der Waals surface area contributed by atoms with Crippen molar-refractivity contribution in [1.82, 2.24) is 0 Å². The van der Waals surface area contributed by atoms with E-state index in [0.29, 0.717) is 67.6 Å². The van der Waals surface area contributed by atoms with Gasteiger partial charge in [0.1, 0.15) is 6.61 Å². The third-order valence-corrected chi connectivity index (χ3v) is 8.08. The number of aliphatic imine (C=N–C) groups is 1. The second kappa shape index (κ2) is 14.2. The Labute approximate surface area is 270 Å². The fourth-order valence-corrected chi connectivity index (χ4v) is 5.76. The van der Waals surface area contributed by atoms with Gasteiger partial charge in [-0.3, -0.25) is 9.69 Å². The van der Waals surface area contributed by atoms with Gasteiger partial charge in [0.25, 0.3) is 5.91 Å². The highest BCUT2D eigenvalue weighted by atomic mass is 35.5. The number of carbonyl (C=O) groups is 1. The van der Waals surface area contributed by atoms with E-state index in [2.05, 4.69) is 6.58 Å². The number of allylic oxidation sites excluding steroid dienone is 1. The number of hydrogen-bond acceptors (Lipinski definition) is 5. The standard InChI is InChI=1S/C34H27Cl3N2O3S/c1-3-5-24-18-23(19-30(41-4-2)32(24)42-21-22-6-8-25(35)9-7-22)20-31-33(40)39(29-16-12-27(37)13-17-29)34(43-31)38-28-14-10-26(36)11-15-28/h3,6-20H,1,4-5,21H2,2H3/b31-20-,38-34?. The van der Waals surface area contributed by atoms with E-state index in [9.17, 15) is 4.79 Å². The van der Waals surface area contributed by atoms with E-state index in [0.717, 1.165) is 16.7 Å². The molecule has 5 nitrogen and oxygen atoms in total. The molecule has 0 radical (unpaired) electrons. The number of benzene rings is 4. The van der Waals surface area contributed by atoms with Gasteiger partial charge in [0.2, 0.25) is 0 Å². The Bertz CT molecular complexity index is 1690. The van der Waals surface area contributed by atoms with Gasteiger partial charge in [-0.25, -0.2) is 4.99 Å². The predicted octanol–water partition coefficient (Wildman–Crippen LogP) is 10.2. The molecule has 4 aromatic rings. The summed E-state index contributed by atoms with van der Waals surface area (Å²) >= 11 is 19.5. The monoisotopic (exact) mass is 648 g/mol. The average Bonchev–Trinajstić information content (AvgIpc) is 3.29. The van der Waals surface area contributed by atoms with Crippen molar-refractivity contribution in [3.05, 3.63) is 134 Å². The Kier molecular flexibility index (Phi) is 10.2. The first-order valence-electron chi connectivity index (χ1n) is 13.5. The topological polar surface area (TPSA) is 51.1 Å². The van der Waals surface area contributed by atoms with Crippen molar-refractivity contribution in [3.8, 4) is 11.5 Å². The van der Waals surface area contributed by atoms with Crippen LogP contribution in [-0.2, 0) is 17.8 Å². The molecule has 1 fully saturated rings. The predicted molar refractivity (Wildman–Crippen MR) is 180 cm³/mol. The van der Waals surface area contributed by atoms with Crippen molar-refractivity contribution in [3.63, 3.8) is 0 Å². The minimum atomic E-state index is -0.202. The summed E-state index contributed by atoms with van der Waals surface area (Å²) in [4.78, 5) is 20.7. The van der Waals surface area contributed by atoms with Gasteiger partial charge in [-0.05, 0) is 115 Å². The first-order valence-corrected chi connectivity index (χ1v) is 15.4. The lowest BCUT2D eigenvalue weighted by molar-refractivity contribution is -0.113. The first kappa shape index (κ1) is 30.8. The van der Waals surface area contributed by atoms with Gasteiger partial charge >= 0.3 is 0 Å². The van der Waals surface area contributed by atoms with E-state index in [4.69, 9.17) is 49.3 Å². The Morgan fingerprint density at radius 1 is 0.884 bits per heavy atom. The molecule has 0 saturated carbocycles. The van der Waals surface area contributed by atoms with Gasteiger partial charge in [0.05, 0.1) is 22.9 Å². The second-order valence-electron chi connectivity index (χ2n) is 9.45. The van der Waals surface area contributed by atoms with Crippen molar-refractivity contribution in [2.75, 3.05) is 11.5 Å². The molecule has 4 aromatic carbocycles. The van der Waals surface area contributed by atoms with E-state index >= 15 is 0 Å². The zero-order valence-corrected chi connectivity index (χ0v) is 26.3. The van der Waals surface area contributed by atoms with Crippen molar-refractivity contribution >= 4 is 75.1 Å². The lowest BCUT2D eigenvalue weighted by Crippen LogP contribution is -2.28. The molecule has 0 N–H and O–H groups in total. The van der Waals surface area contributed by atoms with Gasteiger partial charge in [0.15, 0.2) is 16.7 Å². The first-order chi connectivity index (χ1) is 20.8. The number of thioether (sulfide) groups is 1. The van der Waals surface area contributed by atoms with E-state index in [1.165, 1.54) is 11.8 Å². The van der Waals surface area contributed by atoms with Crippen molar-refractivity contribution < 1.29 is 14.3 Å². The number of amidine groups is 1. The lowest BCUT2D eigenvalue weighted by Gasteiger charge is -2.17. The Morgan fingerprint density at radius 3 is 2.14 bits per heavy atom. The van der Waals surface area contributed by atoms with Crippen LogP contribution in [0.3, 0.4) is 0 Å². The van der Waals surface area contributed by atoms with Crippen molar-refractivity contribution in [1.29, 1.82) is 0 Å². The summed E-state index contributed by atoms with van der Waals surface area (Å²) in [5, 5.41) is 2.36. The molecule has 0 unspecified atom stereocenters. The molecular formula is C34H27Cl3N2O3S. The summed E-state index contributed by atoms with van der Waals surface area (Å²) in [5.74, 6) is 1.02. The minimum absolute atomic E-state index is 0.202. The summed E-state index contributed by atoms with van der Waals surface area (Å²) in [6, 6.07) is 25.6. The van der Waals surface area contributed by atoms with Crippen molar-refractivity contribution in [2.24, 2.45) is 4.99 Å². The Morgan fingerprint density at radius 2 is 1.51 bits per heavy atom. The third kappa shape index (κ3) is 7.64. The number of nitrogens with zero attached hydrogens (tertiary/aromatic N) is 2. The molecule has 43 heavy (non-hydrogen) atoms. The molecule has 218 valence electrons. The summed E-state index contributed by atoms with van der Waals surface area (Å²) < 4.78 is 12.3. The third-order valence-electron chi connectivity index (χ3n) is 6.35. The highest BCUT2D eigenvalue weighted by Gasteiger charge is 2.35. The molecule has 1 aliphatic heterocycles. The van der Waals surface area contributed by atoms with E-state index in [1.807, 2.05) is 55.5 Å². The van der Waals surface area contributed by atoms with Crippen LogP contribution < -0.4 is 14.4 Å². The minimum Gasteiger partial charge on any atom is -0.490 e. The number of carbonyl (C=O) groups excluding carboxylic acids is 1.